The number of hydrogen-bond donors (Lipinski definition) is 2. The zero-order valence-corrected chi connectivity index (χ0v) is 12.0. The average Bonchev–Trinajstić information content (AvgIpc) is 2.92. The normalized spacial score (nSPS) is 13.0. The van der Waals surface area contributed by atoms with Gasteiger partial charge < -0.3 is 19.9 Å². The molecule has 0 saturated heterocycles. The van der Waals surface area contributed by atoms with Crippen molar-refractivity contribution in [3.8, 4) is 11.5 Å². The first-order chi connectivity index (χ1) is 10.2. The third kappa shape index (κ3) is 3.43. The number of aromatic nitrogens is 1. The van der Waals surface area contributed by atoms with Crippen molar-refractivity contribution in [3.05, 3.63) is 29.3 Å². The highest BCUT2D eigenvalue weighted by molar-refractivity contribution is 7.13. The summed E-state index contributed by atoms with van der Waals surface area (Å²) in [4.78, 5) is 14.9. The number of aliphatic carboxylic acids is 1. The Morgan fingerprint density at radius 1 is 1.33 bits per heavy atom. The topological polar surface area (TPSA) is 80.7 Å². The van der Waals surface area contributed by atoms with E-state index in [0.29, 0.717) is 25.4 Å². The van der Waals surface area contributed by atoms with E-state index in [1.54, 1.807) is 0 Å². The summed E-state index contributed by atoms with van der Waals surface area (Å²) < 4.78 is 11.0. The van der Waals surface area contributed by atoms with Gasteiger partial charge in [0, 0.05) is 23.6 Å². The summed E-state index contributed by atoms with van der Waals surface area (Å²) in [7, 11) is 0. The fourth-order valence-corrected chi connectivity index (χ4v) is 2.72. The van der Waals surface area contributed by atoms with E-state index < -0.39 is 5.97 Å². The highest BCUT2D eigenvalue weighted by Crippen LogP contribution is 2.34. The molecule has 1 aliphatic rings. The van der Waals surface area contributed by atoms with Gasteiger partial charge in [-0.25, -0.2) is 4.98 Å². The van der Waals surface area contributed by atoms with E-state index in [1.807, 2.05) is 23.6 Å². The van der Waals surface area contributed by atoms with E-state index in [9.17, 15) is 4.79 Å². The van der Waals surface area contributed by atoms with E-state index in [0.717, 1.165) is 22.3 Å². The van der Waals surface area contributed by atoms with Gasteiger partial charge in [0.05, 0.1) is 12.1 Å². The summed E-state index contributed by atoms with van der Waals surface area (Å²) in [5.41, 5.74) is 1.64. The van der Waals surface area contributed by atoms with Gasteiger partial charge in [0.1, 0.15) is 13.2 Å². The lowest BCUT2D eigenvalue weighted by Crippen LogP contribution is -2.15. The predicted molar refractivity (Wildman–Crippen MR) is 78.8 cm³/mol. The molecule has 2 heterocycles. The predicted octanol–water partition coefficient (Wildman–Crippen LogP) is 2.68. The summed E-state index contributed by atoms with van der Waals surface area (Å²) in [5.74, 6) is 0.645. The molecule has 0 unspecified atom stereocenters. The fourth-order valence-electron chi connectivity index (χ4n) is 1.96. The minimum atomic E-state index is -0.815. The zero-order valence-electron chi connectivity index (χ0n) is 11.2. The molecule has 0 radical (unpaired) electrons. The number of rotatable bonds is 5. The summed E-state index contributed by atoms with van der Waals surface area (Å²) >= 11 is 1.45. The van der Waals surface area contributed by atoms with Gasteiger partial charge >= 0.3 is 5.97 Å². The first kappa shape index (κ1) is 13.7. The molecule has 1 aliphatic heterocycles. The number of carbonyl (C=O) groups is 1. The van der Waals surface area contributed by atoms with Crippen LogP contribution < -0.4 is 14.8 Å². The maximum Gasteiger partial charge on any atom is 0.303 e. The summed E-state index contributed by atoms with van der Waals surface area (Å²) in [6.07, 6.45) is 0.530. The van der Waals surface area contributed by atoms with E-state index in [2.05, 4.69) is 10.3 Å². The lowest BCUT2D eigenvalue weighted by molar-refractivity contribution is -0.136. The van der Waals surface area contributed by atoms with Gasteiger partial charge in [-0.1, -0.05) is 0 Å². The number of aryl methyl sites for hydroxylation is 1. The lowest BCUT2D eigenvalue weighted by atomic mass is 10.2. The standard InChI is InChI=1S/C14H14N2O4S/c17-13(18)4-2-10-8-21-14(16-10)15-9-1-3-11-12(7-9)20-6-5-19-11/h1,3,7-8H,2,4-6H2,(H,15,16)(H,17,18). The number of ether oxygens (including phenoxy) is 2. The number of carboxylic acid groups (broad SMARTS) is 1. The Balaban J connectivity index is 1.67. The molecule has 0 aliphatic carbocycles. The number of carboxylic acids is 1. The molecule has 0 fully saturated rings. The first-order valence-electron chi connectivity index (χ1n) is 6.53. The van der Waals surface area contributed by atoms with E-state index >= 15 is 0 Å². The summed E-state index contributed by atoms with van der Waals surface area (Å²) in [5, 5.41) is 14.4. The van der Waals surface area contributed by atoms with Crippen LogP contribution >= 0.6 is 11.3 Å². The van der Waals surface area contributed by atoms with Crippen LogP contribution in [0, 0.1) is 0 Å². The monoisotopic (exact) mass is 306 g/mol. The Bertz CT molecular complexity index is 656. The van der Waals surface area contributed by atoms with Gasteiger partial charge in [-0.2, -0.15) is 0 Å². The first-order valence-corrected chi connectivity index (χ1v) is 7.41. The highest BCUT2D eigenvalue weighted by atomic mass is 32.1. The van der Waals surface area contributed by atoms with Crippen molar-refractivity contribution in [2.75, 3.05) is 18.5 Å². The van der Waals surface area contributed by atoms with Crippen molar-refractivity contribution >= 4 is 28.1 Å². The molecule has 3 rings (SSSR count). The van der Waals surface area contributed by atoms with Crippen LogP contribution in [0.2, 0.25) is 0 Å². The third-order valence-corrected chi connectivity index (χ3v) is 3.75. The smallest absolute Gasteiger partial charge is 0.303 e. The second-order valence-electron chi connectivity index (χ2n) is 4.52. The second kappa shape index (κ2) is 6.01. The van der Waals surface area contributed by atoms with Gasteiger partial charge in [0.25, 0.3) is 0 Å². The Hall–Kier alpha value is -2.28. The molecular weight excluding hydrogens is 292 g/mol. The average molecular weight is 306 g/mol. The van der Waals surface area contributed by atoms with Gasteiger partial charge in [-0.3, -0.25) is 4.79 Å². The molecule has 110 valence electrons. The number of nitrogens with zero attached hydrogens (tertiary/aromatic N) is 1. The maximum atomic E-state index is 10.5. The molecule has 0 spiro atoms. The maximum absolute atomic E-state index is 10.5. The van der Waals surface area contributed by atoms with Crippen LogP contribution in [-0.4, -0.2) is 29.3 Å². The molecule has 1 aromatic heterocycles. The van der Waals surface area contributed by atoms with Crippen LogP contribution in [0.3, 0.4) is 0 Å². The van der Waals surface area contributed by atoms with Crippen molar-refractivity contribution in [2.45, 2.75) is 12.8 Å². The van der Waals surface area contributed by atoms with E-state index in [-0.39, 0.29) is 6.42 Å². The Morgan fingerprint density at radius 3 is 2.95 bits per heavy atom. The quantitative estimate of drug-likeness (QED) is 0.884. The van der Waals surface area contributed by atoms with Crippen molar-refractivity contribution in [1.82, 2.24) is 4.98 Å². The minimum Gasteiger partial charge on any atom is -0.486 e. The lowest BCUT2D eigenvalue weighted by Gasteiger charge is -2.18. The molecule has 0 saturated carbocycles. The summed E-state index contributed by atoms with van der Waals surface area (Å²) in [6, 6.07) is 5.62. The van der Waals surface area contributed by atoms with Crippen LogP contribution in [-0.2, 0) is 11.2 Å². The van der Waals surface area contributed by atoms with Crippen LogP contribution in [0.1, 0.15) is 12.1 Å². The molecular formula is C14H14N2O4S. The fraction of sp³-hybridized carbons (Fsp3) is 0.286. The zero-order chi connectivity index (χ0) is 14.7. The third-order valence-electron chi connectivity index (χ3n) is 2.94. The highest BCUT2D eigenvalue weighted by Gasteiger charge is 2.12. The molecule has 2 N–H and O–H groups in total. The molecule has 1 aromatic carbocycles. The number of thiazole rings is 1. The van der Waals surface area contributed by atoms with Gasteiger partial charge in [0.2, 0.25) is 0 Å². The summed E-state index contributed by atoms with van der Waals surface area (Å²) in [6.45, 7) is 1.12. The van der Waals surface area contributed by atoms with Crippen LogP contribution in [0.15, 0.2) is 23.6 Å². The number of nitrogens with one attached hydrogen (secondary N) is 1. The molecule has 0 atom stereocenters. The van der Waals surface area contributed by atoms with Gasteiger partial charge in [-0.15, -0.1) is 11.3 Å². The van der Waals surface area contributed by atoms with Crippen molar-refractivity contribution in [3.63, 3.8) is 0 Å². The van der Waals surface area contributed by atoms with Crippen LogP contribution in [0.25, 0.3) is 0 Å². The van der Waals surface area contributed by atoms with Crippen LogP contribution in [0.5, 0.6) is 11.5 Å². The van der Waals surface area contributed by atoms with E-state index in [1.165, 1.54) is 11.3 Å². The van der Waals surface area contributed by atoms with Crippen molar-refractivity contribution in [1.29, 1.82) is 0 Å². The van der Waals surface area contributed by atoms with Crippen LogP contribution in [0.4, 0.5) is 10.8 Å². The van der Waals surface area contributed by atoms with Gasteiger partial charge in [-0.05, 0) is 12.1 Å². The molecule has 21 heavy (non-hydrogen) atoms. The minimum absolute atomic E-state index is 0.0905. The largest absolute Gasteiger partial charge is 0.486 e. The Morgan fingerprint density at radius 2 is 2.14 bits per heavy atom. The molecule has 7 heteroatoms. The van der Waals surface area contributed by atoms with Crippen molar-refractivity contribution < 1.29 is 19.4 Å². The van der Waals surface area contributed by atoms with Crippen molar-refractivity contribution in [2.24, 2.45) is 0 Å². The van der Waals surface area contributed by atoms with E-state index in [4.69, 9.17) is 14.6 Å². The number of benzene rings is 1. The SMILES string of the molecule is O=C(O)CCc1csc(Nc2ccc3c(c2)OCCO3)n1. The molecule has 0 bridgehead atoms. The number of anilines is 2. The number of fused-ring (bicyclic) bond motifs is 1. The second-order valence-corrected chi connectivity index (χ2v) is 5.38. The number of hydrogen-bond acceptors (Lipinski definition) is 6. The Labute approximate surface area is 125 Å². The molecule has 6 nitrogen and oxygen atoms in total. The molecule has 2 aromatic rings. The van der Waals surface area contributed by atoms with Gasteiger partial charge in [0.15, 0.2) is 16.6 Å². The molecule has 0 amide bonds. The Kier molecular flexibility index (Phi) is 3.92.